The van der Waals surface area contributed by atoms with Gasteiger partial charge in [0.25, 0.3) is 0 Å². The number of carbonyl (C=O) groups is 3. The van der Waals surface area contributed by atoms with Crippen LogP contribution < -0.4 is 0 Å². The van der Waals surface area contributed by atoms with E-state index in [9.17, 15) is 19.5 Å². The summed E-state index contributed by atoms with van der Waals surface area (Å²) in [5.74, 6) is -1.26. The fourth-order valence-corrected chi connectivity index (χ4v) is 2.33. The topological polar surface area (TPSA) is 108 Å². The molecule has 3 saturated heterocycles. The van der Waals surface area contributed by atoms with E-state index in [1.165, 1.54) is 0 Å². The van der Waals surface area contributed by atoms with E-state index < -0.39 is 29.9 Å². The summed E-state index contributed by atoms with van der Waals surface area (Å²) in [4.78, 5) is 41.3. The first-order valence-electron chi connectivity index (χ1n) is 9.23. The highest BCUT2D eigenvalue weighted by molar-refractivity contribution is 5.73. The summed E-state index contributed by atoms with van der Waals surface area (Å²) in [5, 5.41) is 9.89. The molecule has 27 heavy (non-hydrogen) atoms. The van der Waals surface area contributed by atoms with Gasteiger partial charge in [-0.05, 0) is 0 Å². The van der Waals surface area contributed by atoms with E-state index in [0.717, 1.165) is 39.3 Å². The minimum atomic E-state index is -1.17. The van der Waals surface area contributed by atoms with Gasteiger partial charge in [-0.25, -0.2) is 0 Å². The van der Waals surface area contributed by atoms with Crippen molar-refractivity contribution in [2.75, 3.05) is 85.3 Å². The molecule has 0 amide bonds. The van der Waals surface area contributed by atoms with Gasteiger partial charge >= 0.3 is 17.9 Å². The Hall–Kier alpha value is -1.75. The first-order valence-corrected chi connectivity index (χ1v) is 9.23. The van der Waals surface area contributed by atoms with Crippen molar-refractivity contribution in [3.63, 3.8) is 0 Å². The summed E-state index contributed by atoms with van der Waals surface area (Å²) in [6.07, 6.45) is 0. The summed E-state index contributed by atoms with van der Waals surface area (Å²) in [7, 11) is 0. The van der Waals surface area contributed by atoms with Crippen LogP contribution in [0.3, 0.4) is 0 Å². The van der Waals surface area contributed by atoms with Crippen LogP contribution in [0.1, 0.15) is 0 Å². The Labute approximate surface area is 157 Å². The number of hydrogen-bond acceptors (Lipinski definition) is 10. The van der Waals surface area contributed by atoms with Crippen LogP contribution in [0.25, 0.3) is 0 Å². The van der Waals surface area contributed by atoms with Crippen LogP contribution in [0.2, 0.25) is 0 Å². The van der Waals surface area contributed by atoms with E-state index in [1.54, 1.807) is 0 Å². The number of carbonyl (C=O) groups excluding carboxylic acids is 3. The molecule has 0 atom stereocenters. The van der Waals surface area contributed by atoms with Crippen molar-refractivity contribution in [3.8, 4) is 0 Å². The number of ether oxygens (including phenoxy) is 3. The zero-order valence-electron chi connectivity index (χ0n) is 15.4. The van der Waals surface area contributed by atoms with E-state index in [4.69, 9.17) is 14.2 Å². The number of aliphatic hydroxyl groups is 1. The lowest BCUT2D eigenvalue weighted by atomic mass is 9.92. The average Bonchev–Trinajstić information content (AvgIpc) is 3.46. The third-order valence-electron chi connectivity index (χ3n) is 4.63. The third-order valence-corrected chi connectivity index (χ3v) is 4.63. The van der Waals surface area contributed by atoms with Gasteiger partial charge in [-0.3, -0.25) is 29.1 Å². The number of nitrogens with zero attached hydrogens (tertiary/aromatic N) is 3. The molecule has 3 aliphatic rings. The molecule has 0 saturated carbocycles. The number of aliphatic hydroxyl groups excluding tert-OH is 1. The standard InChI is InChI=1S/C17H27N3O7/c21-10-17(11-25-14(22)7-18-1-2-18,12-26-15(23)8-19-3-4-19)13-27-16(24)9-20-5-6-20/h21H,1-13H2. The molecule has 0 radical (unpaired) electrons. The molecule has 10 heteroatoms. The molecule has 0 unspecified atom stereocenters. The van der Waals surface area contributed by atoms with E-state index in [1.807, 2.05) is 14.7 Å². The molecule has 10 nitrogen and oxygen atoms in total. The largest absolute Gasteiger partial charge is 0.464 e. The quantitative estimate of drug-likeness (QED) is 0.208. The monoisotopic (exact) mass is 385 g/mol. The Morgan fingerprint density at radius 2 is 0.963 bits per heavy atom. The third kappa shape index (κ3) is 7.41. The van der Waals surface area contributed by atoms with E-state index in [2.05, 4.69) is 0 Å². The normalized spacial score (nSPS) is 19.4. The summed E-state index contributed by atoms with van der Waals surface area (Å²) >= 11 is 0. The molecule has 3 rings (SSSR count). The van der Waals surface area contributed by atoms with E-state index >= 15 is 0 Å². The van der Waals surface area contributed by atoms with Gasteiger partial charge in [-0.15, -0.1) is 0 Å². The van der Waals surface area contributed by atoms with Crippen LogP contribution in [0.15, 0.2) is 0 Å². The minimum Gasteiger partial charge on any atom is -0.464 e. The smallest absolute Gasteiger partial charge is 0.320 e. The SMILES string of the molecule is O=C(CN1CC1)OCC(CO)(COC(=O)CN1CC1)COC(=O)CN1CC1. The van der Waals surface area contributed by atoms with Gasteiger partial charge in [0.15, 0.2) is 0 Å². The zero-order valence-corrected chi connectivity index (χ0v) is 15.4. The zero-order chi connectivity index (χ0) is 19.3. The molecule has 0 spiro atoms. The maximum atomic E-state index is 11.9. The summed E-state index contributed by atoms with van der Waals surface area (Å²) < 4.78 is 15.8. The molecule has 3 heterocycles. The highest BCUT2D eigenvalue weighted by Gasteiger charge is 2.37. The average molecular weight is 385 g/mol. The molecule has 0 aromatic carbocycles. The molecule has 0 bridgehead atoms. The van der Waals surface area contributed by atoms with Crippen molar-refractivity contribution in [1.29, 1.82) is 0 Å². The molecule has 1 N–H and O–H groups in total. The van der Waals surface area contributed by atoms with Crippen molar-refractivity contribution in [1.82, 2.24) is 14.7 Å². The van der Waals surface area contributed by atoms with Crippen molar-refractivity contribution in [3.05, 3.63) is 0 Å². The molecule has 152 valence electrons. The van der Waals surface area contributed by atoms with Gasteiger partial charge in [0.2, 0.25) is 0 Å². The van der Waals surface area contributed by atoms with Crippen LogP contribution in [-0.4, -0.2) is 123 Å². The minimum absolute atomic E-state index is 0.186. The van der Waals surface area contributed by atoms with Crippen LogP contribution >= 0.6 is 0 Å². The van der Waals surface area contributed by atoms with E-state index in [-0.39, 0.29) is 39.5 Å². The van der Waals surface area contributed by atoms with Gasteiger partial charge < -0.3 is 19.3 Å². The number of hydrogen-bond donors (Lipinski definition) is 1. The lowest BCUT2D eigenvalue weighted by molar-refractivity contribution is -0.165. The lowest BCUT2D eigenvalue weighted by Crippen LogP contribution is -2.43. The molecule has 0 aromatic rings. The molecular formula is C17H27N3O7. The highest BCUT2D eigenvalue weighted by atomic mass is 16.6. The maximum Gasteiger partial charge on any atom is 0.320 e. The van der Waals surface area contributed by atoms with E-state index in [0.29, 0.717) is 0 Å². The highest BCUT2D eigenvalue weighted by Crippen LogP contribution is 2.20. The molecular weight excluding hydrogens is 358 g/mol. The van der Waals surface area contributed by atoms with Gasteiger partial charge in [-0.1, -0.05) is 0 Å². The lowest BCUT2D eigenvalue weighted by Gasteiger charge is -2.30. The second kappa shape index (κ2) is 8.96. The first-order chi connectivity index (χ1) is 13.0. The van der Waals surface area contributed by atoms with Crippen LogP contribution in [0, 0.1) is 5.41 Å². The Bertz CT molecular complexity index is 485. The van der Waals surface area contributed by atoms with Gasteiger partial charge in [0.05, 0.1) is 31.7 Å². The summed E-state index contributed by atoms with van der Waals surface area (Å²) in [5.41, 5.74) is -1.17. The fourth-order valence-electron chi connectivity index (χ4n) is 2.33. The van der Waals surface area contributed by atoms with Crippen LogP contribution in [0.5, 0.6) is 0 Å². The Morgan fingerprint density at radius 3 is 1.19 bits per heavy atom. The van der Waals surface area contributed by atoms with Crippen molar-refractivity contribution in [2.24, 2.45) is 5.41 Å². The predicted octanol–water partition coefficient (Wildman–Crippen LogP) is -2.46. The molecule has 3 fully saturated rings. The molecule has 3 aliphatic heterocycles. The maximum absolute atomic E-state index is 11.9. The van der Waals surface area contributed by atoms with Gasteiger partial charge in [0, 0.05) is 39.3 Å². The predicted molar refractivity (Wildman–Crippen MR) is 91.7 cm³/mol. The van der Waals surface area contributed by atoms with Gasteiger partial charge in [-0.2, -0.15) is 0 Å². The van der Waals surface area contributed by atoms with Crippen molar-refractivity contribution >= 4 is 17.9 Å². The van der Waals surface area contributed by atoms with Crippen LogP contribution in [-0.2, 0) is 28.6 Å². The van der Waals surface area contributed by atoms with Crippen molar-refractivity contribution in [2.45, 2.75) is 0 Å². The molecule has 0 aromatic heterocycles. The molecule has 0 aliphatic carbocycles. The Kier molecular flexibility index (Phi) is 6.64. The van der Waals surface area contributed by atoms with Crippen LogP contribution in [0.4, 0.5) is 0 Å². The van der Waals surface area contributed by atoms with Gasteiger partial charge in [0.1, 0.15) is 19.8 Å². The first kappa shape index (κ1) is 20.0. The second-order valence-corrected chi connectivity index (χ2v) is 7.47. The summed E-state index contributed by atoms with van der Waals surface area (Å²) in [6, 6.07) is 0. The second-order valence-electron chi connectivity index (χ2n) is 7.47. The Balaban J connectivity index is 1.50. The Morgan fingerprint density at radius 1 is 0.667 bits per heavy atom. The number of esters is 3. The summed E-state index contributed by atoms with van der Waals surface area (Å²) in [6.45, 7) is 4.72. The fraction of sp³-hybridized carbons (Fsp3) is 0.824. The number of rotatable bonds is 13. The van der Waals surface area contributed by atoms with Crippen molar-refractivity contribution < 1.29 is 33.7 Å².